The molecule has 0 radical (unpaired) electrons. The maximum Gasteiger partial charge on any atom is 0.258 e. The highest BCUT2D eigenvalue weighted by Crippen LogP contribution is 2.24. The van der Waals surface area contributed by atoms with E-state index in [0.29, 0.717) is 38.3 Å². The molecule has 148 valence electrons. The second-order valence-electron chi connectivity index (χ2n) is 6.98. The number of nitrogens with zero attached hydrogens (tertiary/aromatic N) is 3. The third kappa shape index (κ3) is 3.65. The summed E-state index contributed by atoms with van der Waals surface area (Å²) in [6.45, 7) is 2.49. The second kappa shape index (κ2) is 7.40. The molecule has 9 heteroatoms. The van der Waals surface area contributed by atoms with Crippen molar-refractivity contribution < 1.29 is 18.0 Å². The zero-order valence-electron chi connectivity index (χ0n) is 15.5. The molecule has 8 nitrogen and oxygen atoms in total. The minimum atomic E-state index is -3.75. The van der Waals surface area contributed by atoms with Gasteiger partial charge in [0.05, 0.1) is 27.7 Å². The molecule has 4 rings (SSSR count). The van der Waals surface area contributed by atoms with E-state index in [1.165, 1.54) is 22.5 Å². The number of piperazine rings is 1. The van der Waals surface area contributed by atoms with Gasteiger partial charge in [-0.15, -0.1) is 0 Å². The Hall–Kier alpha value is -3.06. The van der Waals surface area contributed by atoms with Crippen LogP contribution in [0.3, 0.4) is 0 Å². The Morgan fingerprint density at radius 3 is 2.24 bits per heavy atom. The first-order chi connectivity index (χ1) is 13.9. The van der Waals surface area contributed by atoms with Gasteiger partial charge in [-0.1, -0.05) is 12.1 Å². The molecule has 2 amide bonds. The molecule has 0 spiro atoms. The minimum Gasteiger partial charge on any atom is -0.296 e. The summed E-state index contributed by atoms with van der Waals surface area (Å²) in [7, 11) is -3.75. The maximum atomic E-state index is 13.0. The van der Waals surface area contributed by atoms with Gasteiger partial charge in [-0.2, -0.15) is 9.57 Å². The molecule has 2 aliphatic rings. The van der Waals surface area contributed by atoms with E-state index in [4.69, 9.17) is 5.26 Å². The Balaban J connectivity index is 1.44. The number of sulfonamides is 1. The number of hydrogen-bond donors (Lipinski definition) is 1. The molecule has 0 bridgehead atoms. The third-order valence-corrected chi connectivity index (χ3v) is 7.06. The lowest BCUT2D eigenvalue weighted by molar-refractivity contribution is 0.0879. The number of fused-ring (bicyclic) bond motifs is 1. The van der Waals surface area contributed by atoms with Crippen molar-refractivity contribution in [3.05, 3.63) is 64.7 Å². The summed E-state index contributed by atoms with van der Waals surface area (Å²) >= 11 is 0. The molecule has 2 aromatic carbocycles. The lowest BCUT2D eigenvalue weighted by atomic mass is 10.1. The van der Waals surface area contributed by atoms with Crippen molar-refractivity contribution in [3.8, 4) is 6.07 Å². The summed E-state index contributed by atoms with van der Waals surface area (Å²) in [5.41, 5.74) is 1.96. The molecule has 0 unspecified atom stereocenters. The first kappa shape index (κ1) is 19.3. The predicted octanol–water partition coefficient (Wildman–Crippen LogP) is 0.948. The Labute approximate surface area is 168 Å². The molecule has 1 saturated heterocycles. The van der Waals surface area contributed by atoms with Crippen LogP contribution >= 0.6 is 0 Å². The summed E-state index contributed by atoms with van der Waals surface area (Å²) in [6, 6.07) is 13.4. The van der Waals surface area contributed by atoms with Gasteiger partial charge in [-0.05, 0) is 35.9 Å². The highest BCUT2D eigenvalue weighted by atomic mass is 32.2. The molecule has 2 aromatic rings. The van der Waals surface area contributed by atoms with E-state index in [0.717, 1.165) is 5.56 Å². The first-order valence-corrected chi connectivity index (χ1v) is 10.5. The van der Waals surface area contributed by atoms with Gasteiger partial charge >= 0.3 is 0 Å². The molecular weight excluding hydrogens is 392 g/mol. The quantitative estimate of drug-likeness (QED) is 0.752. The molecular formula is C20H18N4O4S. The van der Waals surface area contributed by atoms with Crippen LogP contribution in [0.5, 0.6) is 0 Å². The zero-order valence-corrected chi connectivity index (χ0v) is 16.3. The van der Waals surface area contributed by atoms with Crippen LogP contribution in [0.25, 0.3) is 0 Å². The van der Waals surface area contributed by atoms with Crippen molar-refractivity contribution in [1.29, 1.82) is 5.26 Å². The highest BCUT2D eigenvalue weighted by Gasteiger charge is 2.32. The van der Waals surface area contributed by atoms with Crippen molar-refractivity contribution in [3.63, 3.8) is 0 Å². The Bertz CT molecular complexity index is 1130. The fourth-order valence-electron chi connectivity index (χ4n) is 3.53. The van der Waals surface area contributed by atoms with Gasteiger partial charge in [-0.25, -0.2) is 8.42 Å². The summed E-state index contributed by atoms with van der Waals surface area (Å²) in [4.78, 5) is 25.6. The van der Waals surface area contributed by atoms with Gasteiger partial charge in [0.15, 0.2) is 0 Å². The van der Waals surface area contributed by atoms with E-state index in [1.807, 2.05) is 12.1 Å². The number of hydrogen-bond acceptors (Lipinski definition) is 6. The second-order valence-corrected chi connectivity index (χ2v) is 8.92. The fourth-order valence-corrected chi connectivity index (χ4v) is 4.98. The van der Waals surface area contributed by atoms with Gasteiger partial charge in [0.2, 0.25) is 10.0 Å². The molecule has 29 heavy (non-hydrogen) atoms. The van der Waals surface area contributed by atoms with Crippen molar-refractivity contribution in [1.82, 2.24) is 14.5 Å². The van der Waals surface area contributed by atoms with Crippen molar-refractivity contribution in [2.24, 2.45) is 0 Å². The normalized spacial score (nSPS) is 17.6. The van der Waals surface area contributed by atoms with E-state index in [2.05, 4.69) is 16.3 Å². The van der Waals surface area contributed by atoms with Crippen LogP contribution in [0.4, 0.5) is 0 Å². The third-order valence-electron chi connectivity index (χ3n) is 5.17. The monoisotopic (exact) mass is 410 g/mol. The SMILES string of the molecule is N#Cc1ccc(CN2CCN(S(=O)(=O)c3ccc4c(c3)C(=O)NC4=O)CC2)cc1. The van der Waals surface area contributed by atoms with Gasteiger partial charge in [0, 0.05) is 32.7 Å². The average molecular weight is 410 g/mol. The number of carbonyl (C=O) groups is 2. The largest absolute Gasteiger partial charge is 0.296 e. The van der Waals surface area contributed by atoms with Crippen molar-refractivity contribution >= 4 is 21.8 Å². The Morgan fingerprint density at radius 1 is 0.931 bits per heavy atom. The van der Waals surface area contributed by atoms with E-state index in [9.17, 15) is 18.0 Å². The molecule has 0 aromatic heterocycles. The smallest absolute Gasteiger partial charge is 0.258 e. The highest BCUT2D eigenvalue weighted by molar-refractivity contribution is 7.89. The summed E-state index contributed by atoms with van der Waals surface area (Å²) < 4.78 is 27.3. The fraction of sp³-hybridized carbons (Fsp3) is 0.250. The molecule has 1 fully saturated rings. The molecule has 0 atom stereocenters. The summed E-state index contributed by atoms with van der Waals surface area (Å²) in [6.07, 6.45) is 0. The minimum absolute atomic E-state index is 0.0154. The standard InChI is InChI=1S/C20H18N4O4S/c21-12-14-1-3-15(4-2-14)13-23-7-9-24(10-8-23)29(27,28)16-5-6-17-18(11-16)20(26)22-19(17)25/h1-6,11H,7-10,13H2,(H,22,25,26). The lowest BCUT2D eigenvalue weighted by Gasteiger charge is -2.34. The Morgan fingerprint density at radius 2 is 1.59 bits per heavy atom. The van der Waals surface area contributed by atoms with Gasteiger partial charge in [0.1, 0.15) is 0 Å². The van der Waals surface area contributed by atoms with Crippen LogP contribution in [0.2, 0.25) is 0 Å². The van der Waals surface area contributed by atoms with Crippen molar-refractivity contribution in [2.75, 3.05) is 26.2 Å². The van der Waals surface area contributed by atoms with E-state index < -0.39 is 21.8 Å². The van der Waals surface area contributed by atoms with Crippen LogP contribution in [-0.2, 0) is 16.6 Å². The zero-order chi connectivity index (χ0) is 20.6. The van der Waals surface area contributed by atoms with Gasteiger partial charge < -0.3 is 0 Å². The number of benzene rings is 2. The molecule has 2 aliphatic heterocycles. The maximum absolute atomic E-state index is 13.0. The van der Waals surface area contributed by atoms with Crippen LogP contribution in [0.15, 0.2) is 47.4 Å². The first-order valence-electron chi connectivity index (χ1n) is 9.10. The summed E-state index contributed by atoms with van der Waals surface area (Å²) in [5.74, 6) is -1.08. The predicted molar refractivity (Wildman–Crippen MR) is 103 cm³/mol. The van der Waals surface area contributed by atoms with Crippen LogP contribution in [-0.4, -0.2) is 55.6 Å². The molecule has 0 saturated carbocycles. The van der Waals surface area contributed by atoms with E-state index >= 15 is 0 Å². The number of imide groups is 1. The summed E-state index contributed by atoms with van der Waals surface area (Å²) in [5, 5.41) is 11.0. The van der Waals surface area contributed by atoms with Crippen LogP contribution in [0.1, 0.15) is 31.8 Å². The number of carbonyl (C=O) groups excluding carboxylic acids is 2. The number of amides is 2. The van der Waals surface area contributed by atoms with Gasteiger partial charge in [0.25, 0.3) is 11.8 Å². The van der Waals surface area contributed by atoms with E-state index in [-0.39, 0.29) is 16.0 Å². The van der Waals surface area contributed by atoms with Gasteiger partial charge in [-0.3, -0.25) is 19.8 Å². The van der Waals surface area contributed by atoms with Crippen LogP contribution in [0, 0.1) is 11.3 Å². The topological polar surface area (TPSA) is 111 Å². The Kier molecular flexibility index (Phi) is 4.92. The number of nitrogens with one attached hydrogen (secondary N) is 1. The number of rotatable bonds is 4. The van der Waals surface area contributed by atoms with Crippen molar-refractivity contribution in [2.45, 2.75) is 11.4 Å². The van der Waals surface area contributed by atoms with E-state index in [1.54, 1.807) is 12.1 Å². The average Bonchev–Trinajstić information content (AvgIpc) is 3.02. The molecule has 1 N–H and O–H groups in total. The number of nitriles is 1. The van der Waals surface area contributed by atoms with Crippen LogP contribution < -0.4 is 5.32 Å². The molecule has 0 aliphatic carbocycles. The molecule has 2 heterocycles. The lowest BCUT2D eigenvalue weighted by Crippen LogP contribution is -2.48.